The molecular weight excluding hydrogens is 146 g/mol. The number of rotatable bonds is 3. The first-order valence-electron chi connectivity index (χ1n) is 4.20. The molecule has 0 aliphatic carbocycles. The monoisotopic (exact) mass is 161 g/mol. The van der Waals surface area contributed by atoms with E-state index in [0.29, 0.717) is 0 Å². The minimum atomic E-state index is 0.939. The molecule has 0 aromatic carbocycles. The van der Waals surface area contributed by atoms with Crippen molar-refractivity contribution >= 4 is 6.08 Å². The predicted molar refractivity (Wildman–Crippen MR) is 54.1 cm³/mol. The third-order valence-corrected chi connectivity index (χ3v) is 1.93. The zero-order chi connectivity index (χ0) is 8.97. The first-order valence-corrected chi connectivity index (χ1v) is 4.20. The van der Waals surface area contributed by atoms with Crippen molar-refractivity contribution in [1.29, 1.82) is 0 Å². The lowest BCUT2D eigenvalue weighted by molar-refractivity contribution is 1.23. The summed E-state index contributed by atoms with van der Waals surface area (Å²) in [5, 5.41) is 0. The fraction of sp³-hybridized carbons (Fsp3) is 0.273. The third kappa shape index (κ3) is 1.67. The molecule has 0 fully saturated rings. The van der Waals surface area contributed by atoms with E-state index < -0.39 is 0 Å². The van der Waals surface area contributed by atoms with Gasteiger partial charge in [0.05, 0.1) is 0 Å². The van der Waals surface area contributed by atoms with Crippen molar-refractivity contribution in [3.63, 3.8) is 0 Å². The Hall–Kier alpha value is -1.24. The van der Waals surface area contributed by atoms with Gasteiger partial charge in [-0.05, 0) is 37.5 Å². The van der Waals surface area contributed by atoms with Crippen molar-refractivity contribution < 1.29 is 0 Å². The van der Waals surface area contributed by atoms with Gasteiger partial charge < -0.3 is 4.98 Å². The molecule has 0 unspecified atom stereocenters. The second-order valence-electron chi connectivity index (χ2n) is 2.86. The van der Waals surface area contributed by atoms with E-state index in [1.54, 1.807) is 0 Å². The molecule has 1 rings (SSSR count). The summed E-state index contributed by atoms with van der Waals surface area (Å²) in [6.07, 6.45) is 9.04. The van der Waals surface area contributed by atoms with Crippen molar-refractivity contribution in [2.75, 3.05) is 0 Å². The highest BCUT2D eigenvalue weighted by atomic mass is 14.7. The number of hydrogen-bond donors (Lipinski definition) is 1. The van der Waals surface area contributed by atoms with Gasteiger partial charge in [-0.25, -0.2) is 0 Å². The highest BCUT2D eigenvalue weighted by Gasteiger charge is 2.02. The van der Waals surface area contributed by atoms with E-state index in [1.807, 2.05) is 25.3 Å². The Balaban J connectivity index is 3.02. The van der Waals surface area contributed by atoms with Crippen LogP contribution in [0.4, 0.5) is 0 Å². The van der Waals surface area contributed by atoms with Gasteiger partial charge in [0.1, 0.15) is 0 Å². The minimum absolute atomic E-state index is 0.939. The molecule has 1 nitrogen and oxygen atoms in total. The molecule has 1 aromatic heterocycles. The summed E-state index contributed by atoms with van der Waals surface area (Å²) in [6.45, 7) is 7.88. The highest BCUT2D eigenvalue weighted by Crippen LogP contribution is 2.15. The fourth-order valence-corrected chi connectivity index (χ4v) is 1.30. The van der Waals surface area contributed by atoms with Gasteiger partial charge in [0.25, 0.3) is 0 Å². The number of nitrogens with one attached hydrogen (secondary N) is 1. The van der Waals surface area contributed by atoms with Crippen LogP contribution >= 0.6 is 0 Å². The van der Waals surface area contributed by atoms with E-state index in [4.69, 9.17) is 0 Å². The highest BCUT2D eigenvalue weighted by molar-refractivity contribution is 5.52. The third-order valence-electron chi connectivity index (χ3n) is 1.93. The van der Waals surface area contributed by atoms with Crippen molar-refractivity contribution in [2.45, 2.75) is 20.3 Å². The smallest absolute Gasteiger partial charge is 0.0415 e. The van der Waals surface area contributed by atoms with Crippen molar-refractivity contribution in [3.05, 3.63) is 41.7 Å². The molecule has 0 atom stereocenters. The van der Waals surface area contributed by atoms with E-state index in [2.05, 4.69) is 24.6 Å². The average Bonchev–Trinajstić information content (AvgIpc) is 2.37. The lowest BCUT2D eigenvalue weighted by Gasteiger charge is -1.96. The maximum absolute atomic E-state index is 3.74. The zero-order valence-electron chi connectivity index (χ0n) is 7.72. The van der Waals surface area contributed by atoms with Crippen molar-refractivity contribution in [2.24, 2.45) is 0 Å². The molecule has 0 bridgehead atoms. The first kappa shape index (κ1) is 8.85. The molecule has 64 valence electrons. The van der Waals surface area contributed by atoms with E-state index in [9.17, 15) is 0 Å². The number of aromatic nitrogens is 1. The molecule has 0 aliphatic rings. The molecule has 0 radical (unpaired) electrons. The number of H-pyrrole nitrogens is 1. The van der Waals surface area contributed by atoms with E-state index in [0.717, 1.165) is 6.42 Å². The van der Waals surface area contributed by atoms with Crippen LogP contribution in [0.25, 0.3) is 6.08 Å². The Morgan fingerprint density at radius 3 is 2.92 bits per heavy atom. The quantitative estimate of drug-likeness (QED) is 0.656. The van der Waals surface area contributed by atoms with E-state index in [1.165, 1.54) is 16.8 Å². The van der Waals surface area contributed by atoms with Crippen molar-refractivity contribution in [3.8, 4) is 0 Å². The van der Waals surface area contributed by atoms with Gasteiger partial charge in [0, 0.05) is 11.9 Å². The molecule has 1 heteroatoms. The topological polar surface area (TPSA) is 15.8 Å². The number of hydrogen-bond acceptors (Lipinski definition) is 0. The largest absolute Gasteiger partial charge is 0.361 e. The van der Waals surface area contributed by atoms with Gasteiger partial charge in [0.15, 0.2) is 0 Å². The number of aromatic amines is 1. The summed E-state index contributed by atoms with van der Waals surface area (Å²) in [5.41, 5.74) is 3.86. The zero-order valence-corrected chi connectivity index (χ0v) is 7.72. The standard InChI is InChI=1S/C11H15N/c1-4-6-10-9(3)8-12-11(10)7-5-2/h4-5,7-8,12H,1,6H2,2-3H3. The van der Waals surface area contributed by atoms with Crippen LogP contribution in [0.15, 0.2) is 24.9 Å². The van der Waals surface area contributed by atoms with Crippen LogP contribution in [0, 0.1) is 6.92 Å². The Bertz CT molecular complexity index is 292. The Morgan fingerprint density at radius 1 is 1.58 bits per heavy atom. The molecule has 0 saturated carbocycles. The Kier molecular flexibility index (Phi) is 2.92. The van der Waals surface area contributed by atoms with Crippen LogP contribution < -0.4 is 0 Å². The molecule has 0 saturated heterocycles. The minimum Gasteiger partial charge on any atom is -0.361 e. The maximum atomic E-state index is 3.74. The van der Waals surface area contributed by atoms with Gasteiger partial charge >= 0.3 is 0 Å². The van der Waals surface area contributed by atoms with Gasteiger partial charge in [-0.3, -0.25) is 0 Å². The molecule has 12 heavy (non-hydrogen) atoms. The number of allylic oxidation sites excluding steroid dienone is 2. The molecule has 1 N–H and O–H groups in total. The summed E-state index contributed by atoms with van der Waals surface area (Å²) in [7, 11) is 0. The summed E-state index contributed by atoms with van der Waals surface area (Å²) >= 11 is 0. The molecular formula is C11H15N. The second-order valence-corrected chi connectivity index (χ2v) is 2.86. The van der Waals surface area contributed by atoms with Gasteiger partial charge in [-0.1, -0.05) is 12.2 Å². The maximum Gasteiger partial charge on any atom is 0.0415 e. The predicted octanol–water partition coefficient (Wildman–Crippen LogP) is 3.08. The summed E-state index contributed by atoms with van der Waals surface area (Å²) in [4.78, 5) is 3.23. The molecule has 0 aliphatic heterocycles. The van der Waals surface area contributed by atoms with E-state index in [-0.39, 0.29) is 0 Å². The molecule has 0 amide bonds. The normalized spacial score (nSPS) is 10.8. The van der Waals surface area contributed by atoms with Gasteiger partial charge in [-0.2, -0.15) is 0 Å². The van der Waals surface area contributed by atoms with Crippen LogP contribution in [0.1, 0.15) is 23.7 Å². The van der Waals surface area contributed by atoms with E-state index >= 15 is 0 Å². The molecule has 0 spiro atoms. The van der Waals surface area contributed by atoms with Crippen molar-refractivity contribution in [1.82, 2.24) is 4.98 Å². The lowest BCUT2D eigenvalue weighted by atomic mass is 10.1. The Labute approximate surface area is 73.8 Å². The Morgan fingerprint density at radius 2 is 2.33 bits per heavy atom. The lowest BCUT2D eigenvalue weighted by Crippen LogP contribution is -1.84. The van der Waals surface area contributed by atoms with Gasteiger partial charge in [0.2, 0.25) is 0 Å². The molecule has 1 heterocycles. The van der Waals surface area contributed by atoms with Crippen LogP contribution in [0.5, 0.6) is 0 Å². The first-order chi connectivity index (χ1) is 5.79. The number of aryl methyl sites for hydroxylation is 1. The second kappa shape index (κ2) is 3.96. The van der Waals surface area contributed by atoms with Crippen LogP contribution in [0.3, 0.4) is 0 Å². The summed E-state index contributed by atoms with van der Waals surface area (Å²) in [5.74, 6) is 0. The fourth-order valence-electron chi connectivity index (χ4n) is 1.30. The molecule has 1 aromatic rings. The SMILES string of the molecule is C=CCc1c(C)c[nH]c1C=CC. The summed E-state index contributed by atoms with van der Waals surface area (Å²) < 4.78 is 0. The average molecular weight is 161 g/mol. The van der Waals surface area contributed by atoms with Crippen LogP contribution in [-0.4, -0.2) is 4.98 Å². The van der Waals surface area contributed by atoms with Crippen LogP contribution in [0.2, 0.25) is 0 Å². The summed E-state index contributed by atoms with van der Waals surface area (Å²) in [6, 6.07) is 0. The van der Waals surface area contributed by atoms with Crippen LogP contribution in [-0.2, 0) is 6.42 Å². The van der Waals surface area contributed by atoms with Gasteiger partial charge in [-0.15, -0.1) is 6.58 Å².